The average Bonchev–Trinajstić information content (AvgIpc) is 2.83. The lowest BCUT2D eigenvalue weighted by Crippen LogP contribution is -2.41. The van der Waals surface area contributed by atoms with Crippen LogP contribution in [0.5, 0.6) is 5.75 Å². The largest absolute Gasteiger partial charge is 0.494 e. The number of nitrogens with zero attached hydrogens (tertiary/aromatic N) is 3. The Kier molecular flexibility index (Phi) is 6.38. The Hall–Kier alpha value is -3.17. The molecule has 8 nitrogen and oxygen atoms in total. The third-order valence-corrected chi connectivity index (χ3v) is 8.22. The van der Waals surface area contributed by atoms with Gasteiger partial charge in [0.25, 0.3) is 5.56 Å². The smallest absolute Gasteiger partial charge is 0.336 e. The molecule has 1 saturated carbocycles. The van der Waals surface area contributed by atoms with Gasteiger partial charge in [-0.25, -0.2) is 17.8 Å². The predicted molar refractivity (Wildman–Crippen MR) is 141 cm³/mol. The first-order valence-electron chi connectivity index (χ1n) is 11.7. The summed E-state index contributed by atoms with van der Waals surface area (Å²) >= 11 is 6.19. The Morgan fingerprint density at radius 1 is 1.06 bits per heavy atom. The normalized spacial score (nSPS) is 18.5. The molecule has 0 atom stereocenters. The number of para-hydroxylation sites is 1. The molecule has 1 aliphatic carbocycles. The number of benzene rings is 2. The van der Waals surface area contributed by atoms with Crippen molar-refractivity contribution in [2.75, 3.05) is 19.1 Å². The summed E-state index contributed by atoms with van der Waals surface area (Å²) in [6.07, 6.45) is 5.34. The summed E-state index contributed by atoms with van der Waals surface area (Å²) in [6.45, 7) is 0. The van der Waals surface area contributed by atoms with Gasteiger partial charge >= 0.3 is 5.69 Å². The van der Waals surface area contributed by atoms with Crippen LogP contribution in [0.4, 0.5) is 0 Å². The zero-order chi connectivity index (χ0) is 25.6. The first-order chi connectivity index (χ1) is 17.2. The molecule has 10 heteroatoms. The second-order valence-corrected chi connectivity index (χ2v) is 12.0. The molecule has 0 unspecified atom stereocenters. The molecule has 2 heterocycles. The van der Waals surface area contributed by atoms with Crippen LogP contribution in [0.3, 0.4) is 0 Å². The van der Waals surface area contributed by atoms with Crippen molar-refractivity contribution in [3.8, 4) is 11.4 Å². The van der Waals surface area contributed by atoms with E-state index >= 15 is 0 Å². The molecular formula is C26H26ClN3O5S. The monoisotopic (exact) mass is 527 g/mol. The highest BCUT2D eigenvalue weighted by molar-refractivity contribution is 7.90. The van der Waals surface area contributed by atoms with Gasteiger partial charge in [0.15, 0.2) is 0 Å². The van der Waals surface area contributed by atoms with Crippen molar-refractivity contribution >= 4 is 43.2 Å². The van der Waals surface area contributed by atoms with E-state index in [-0.39, 0.29) is 17.7 Å². The van der Waals surface area contributed by atoms with Crippen LogP contribution in [0, 0.1) is 5.92 Å². The minimum atomic E-state index is -3.09. The molecule has 1 aliphatic rings. The molecule has 0 N–H and O–H groups in total. The third kappa shape index (κ3) is 4.41. The van der Waals surface area contributed by atoms with Gasteiger partial charge in [0.1, 0.15) is 21.1 Å². The molecule has 2 aromatic carbocycles. The van der Waals surface area contributed by atoms with Crippen LogP contribution in [0.2, 0.25) is 5.02 Å². The fourth-order valence-corrected chi connectivity index (χ4v) is 6.73. The third-order valence-electron chi connectivity index (χ3n) is 6.91. The van der Waals surface area contributed by atoms with E-state index in [4.69, 9.17) is 16.3 Å². The summed E-state index contributed by atoms with van der Waals surface area (Å²) < 4.78 is 32.0. The lowest BCUT2D eigenvalue weighted by atomic mass is 9.87. The minimum Gasteiger partial charge on any atom is -0.494 e. The van der Waals surface area contributed by atoms with E-state index in [1.54, 1.807) is 42.0 Å². The number of ether oxygens (including phenoxy) is 1. The van der Waals surface area contributed by atoms with E-state index in [2.05, 4.69) is 4.98 Å². The maximum atomic E-state index is 14.1. The molecule has 0 radical (unpaired) electrons. The van der Waals surface area contributed by atoms with Gasteiger partial charge in [-0.15, -0.1) is 0 Å². The van der Waals surface area contributed by atoms with E-state index in [0.29, 0.717) is 63.9 Å². The second kappa shape index (κ2) is 9.37. The summed E-state index contributed by atoms with van der Waals surface area (Å²) in [6, 6.07) is 11.8. The molecule has 36 heavy (non-hydrogen) atoms. The topological polar surface area (TPSA) is 100 Å². The van der Waals surface area contributed by atoms with Crippen LogP contribution in [0.1, 0.15) is 31.7 Å². The number of sulfone groups is 1. The molecule has 1 fully saturated rings. The van der Waals surface area contributed by atoms with Crippen LogP contribution in [0.15, 0.2) is 58.3 Å². The summed E-state index contributed by atoms with van der Waals surface area (Å²) in [5, 5.41) is 1.37. The Morgan fingerprint density at radius 3 is 2.44 bits per heavy atom. The van der Waals surface area contributed by atoms with Gasteiger partial charge in [0.05, 0.1) is 29.5 Å². The first kappa shape index (κ1) is 24.5. The fraction of sp³-hybridized carbons (Fsp3) is 0.346. The Balaban J connectivity index is 1.78. The number of halogens is 1. The highest BCUT2D eigenvalue weighted by Gasteiger charge is 2.29. The lowest BCUT2D eigenvalue weighted by Gasteiger charge is -2.31. The number of pyridine rings is 1. The van der Waals surface area contributed by atoms with Crippen molar-refractivity contribution in [2.45, 2.75) is 31.7 Å². The molecule has 0 spiro atoms. The van der Waals surface area contributed by atoms with Gasteiger partial charge in [0.2, 0.25) is 0 Å². The van der Waals surface area contributed by atoms with E-state index in [9.17, 15) is 18.0 Å². The predicted octanol–water partition coefficient (Wildman–Crippen LogP) is 4.14. The number of methoxy groups -OCH3 is 1. The molecule has 188 valence electrons. The molecule has 2 aromatic heterocycles. The highest BCUT2D eigenvalue weighted by atomic mass is 35.5. The van der Waals surface area contributed by atoms with Crippen molar-refractivity contribution in [3.63, 3.8) is 0 Å². The van der Waals surface area contributed by atoms with E-state index in [1.165, 1.54) is 12.5 Å². The zero-order valence-electron chi connectivity index (χ0n) is 20.0. The van der Waals surface area contributed by atoms with Gasteiger partial charge in [-0.3, -0.25) is 14.3 Å². The Labute approximate surface area is 213 Å². The zero-order valence-corrected chi connectivity index (χ0v) is 21.6. The molecule has 5 rings (SSSR count). The Bertz CT molecular complexity index is 1700. The number of fused-ring (bicyclic) bond motifs is 3. The van der Waals surface area contributed by atoms with Gasteiger partial charge in [-0.1, -0.05) is 29.8 Å². The molecule has 0 amide bonds. The van der Waals surface area contributed by atoms with Crippen molar-refractivity contribution in [1.29, 1.82) is 0 Å². The standard InChI is InChI=1S/C26H26ClN3O5S/c1-35-22-8-4-7-20-23(22)28-14-21-24(20)29(18-11-9-16(10-12-18)15-36(2,33)34)26(32)30(25(21)31)19-6-3-5-17(27)13-19/h3-8,13-14,16,18H,9-12,15H2,1-2H3. The number of hydrogen-bond acceptors (Lipinski definition) is 6. The average molecular weight is 528 g/mol. The quantitative estimate of drug-likeness (QED) is 0.362. The van der Waals surface area contributed by atoms with Crippen molar-refractivity contribution < 1.29 is 13.2 Å². The summed E-state index contributed by atoms with van der Waals surface area (Å²) in [5.41, 5.74) is 0.517. The van der Waals surface area contributed by atoms with Crippen LogP contribution in [-0.2, 0) is 9.84 Å². The molecule has 0 saturated heterocycles. The van der Waals surface area contributed by atoms with Crippen molar-refractivity contribution in [3.05, 3.63) is 74.5 Å². The molecule has 0 bridgehead atoms. The maximum Gasteiger partial charge on any atom is 0.336 e. The van der Waals surface area contributed by atoms with Crippen LogP contribution in [-0.4, -0.2) is 41.7 Å². The number of aromatic nitrogens is 3. The van der Waals surface area contributed by atoms with Crippen molar-refractivity contribution in [2.24, 2.45) is 5.92 Å². The van der Waals surface area contributed by atoms with Gasteiger partial charge in [-0.05, 0) is 55.9 Å². The van der Waals surface area contributed by atoms with Crippen molar-refractivity contribution in [1.82, 2.24) is 14.1 Å². The van der Waals surface area contributed by atoms with Gasteiger partial charge in [-0.2, -0.15) is 0 Å². The van der Waals surface area contributed by atoms with Crippen LogP contribution in [0.25, 0.3) is 27.5 Å². The highest BCUT2D eigenvalue weighted by Crippen LogP contribution is 2.36. The lowest BCUT2D eigenvalue weighted by molar-refractivity contribution is 0.288. The summed E-state index contributed by atoms with van der Waals surface area (Å²) in [7, 11) is -1.54. The van der Waals surface area contributed by atoms with E-state index in [0.717, 1.165) is 4.57 Å². The number of hydrogen-bond donors (Lipinski definition) is 0. The Morgan fingerprint density at radius 2 is 1.78 bits per heavy atom. The second-order valence-electron chi connectivity index (χ2n) is 9.42. The van der Waals surface area contributed by atoms with E-state index in [1.807, 2.05) is 12.1 Å². The van der Waals surface area contributed by atoms with Gasteiger partial charge < -0.3 is 4.74 Å². The summed E-state index contributed by atoms with van der Waals surface area (Å²) in [5.74, 6) is 0.737. The van der Waals surface area contributed by atoms with E-state index < -0.39 is 21.1 Å². The molecular weight excluding hydrogens is 502 g/mol. The fourth-order valence-electron chi connectivity index (χ4n) is 5.35. The SMILES string of the molecule is COc1cccc2c1ncc1c(=O)n(-c3cccc(Cl)c3)c(=O)n(C3CCC(CS(C)(=O)=O)CC3)c12. The maximum absolute atomic E-state index is 14.1. The van der Waals surface area contributed by atoms with Gasteiger partial charge in [0, 0.05) is 28.9 Å². The van der Waals surface area contributed by atoms with Crippen LogP contribution >= 0.6 is 11.6 Å². The minimum absolute atomic E-state index is 0.0514. The summed E-state index contributed by atoms with van der Waals surface area (Å²) in [4.78, 5) is 32.2. The number of rotatable bonds is 5. The molecule has 4 aromatic rings. The van der Waals surface area contributed by atoms with Crippen LogP contribution < -0.4 is 16.0 Å². The molecule has 0 aliphatic heterocycles. The first-order valence-corrected chi connectivity index (χ1v) is 14.2.